The van der Waals surface area contributed by atoms with E-state index < -0.39 is 0 Å². The summed E-state index contributed by atoms with van der Waals surface area (Å²) in [6.07, 6.45) is 2.67. The van der Waals surface area contributed by atoms with E-state index in [9.17, 15) is 14.4 Å². The highest BCUT2D eigenvalue weighted by atomic mass is 16.2. The van der Waals surface area contributed by atoms with Crippen molar-refractivity contribution in [1.29, 1.82) is 0 Å². The van der Waals surface area contributed by atoms with Crippen molar-refractivity contribution in [3.63, 3.8) is 0 Å². The number of benzene rings is 1. The molecule has 0 saturated carbocycles. The number of hydrogen-bond acceptors (Lipinski definition) is 3. The van der Waals surface area contributed by atoms with E-state index >= 15 is 0 Å². The van der Waals surface area contributed by atoms with Crippen molar-refractivity contribution in [2.75, 3.05) is 18.4 Å². The number of fused-ring (bicyclic) bond motifs is 1. The number of carbonyl (C=O) groups excluding carboxylic acids is 3. The lowest BCUT2D eigenvalue weighted by atomic mass is 9.80. The Bertz CT molecular complexity index is 695. The normalized spacial score (nSPS) is 26.9. The first-order valence-corrected chi connectivity index (χ1v) is 8.61. The molecule has 6 heteroatoms. The van der Waals surface area contributed by atoms with Gasteiger partial charge in [0.15, 0.2) is 0 Å². The second-order valence-corrected chi connectivity index (χ2v) is 6.88. The maximum absolute atomic E-state index is 12.5. The third kappa shape index (κ3) is 2.56. The summed E-state index contributed by atoms with van der Waals surface area (Å²) in [5.41, 5.74) is 2.00. The van der Waals surface area contributed by atoms with Crippen LogP contribution in [-0.2, 0) is 14.4 Å². The number of hydrogen-bond donors (Lipinski definition) is 2. The van der Waals surface area contributed by atoms with E-state index in [1.165, 1.54) is 0 Å². The summed E-state index contributed by atoms with van der Waals surface area (Å²) in [5.74, 6) is 0.211. The standard InChI is InChI=1S/C18H21N3O3/c22-15-6-5-14(19-15)18(24)21-9-7-11(8-10-21)16-12-3-1-2-4-13(12)20-17(16)23/h1-4,11,14,16H,5-10H2,(H,19,22)(H,20,23). The van der Waals surface area contributed by atoms with Crippen molar-refractivity contribution in [3.05, 3.63) is 29.8 Å². The monoisotopic (exact) mass is 327 g/mol. The van der Waals surface area contributed by atoms with Crippen LogP contribution in [0, 0.1) is 5.92 Å². The largest absolute Gasteiger partial charge is 0.344 e. The van der Waals surface area contributed by atoms with Gasteiger partial charge in [-0.3, -0.25) is 14.4 Å². The van der Waals surface area contributed by atoms with Gasteiger partial charge in [0.2, 0.25) is 17.7 Å². The number of para-hydroxylation sites is 1. The number of nitrogens with zero attached hydrogens (tertiary/aromatic N) is 1. The Kier molecular flexibility index (Phi) is 3.75. The van der Waals surface area contributed by atoms with Crippen molar-refractivity contribution < 1.29 is 14.4 Å². The van der Waals surface area contributed by atoms with E-state index in [0.717, 1.165) is 24.1 Å². The highest BCUT2D eigenvalue weighted by Crippen LogP contribution is 2.41. The van der Waals surface area contributed by atoms with Crippen LogP contribution in [0.15, 0.2) is 24.3 Å². The van der Waals surface area contributed by atoms with Crippen molar-refractivity contribution >= 4 is 23.4 Å². The molecule has 2 unspecified atom stereocenters. The molecule has 3 amide bonds. The van der Waals surface area contributed by atoms with Crippen LogP contribution in [0.25, 0.3) is 0 Å². The van der Waals surface area contributed by atoms with Crippen LogP contribution in [0.2, 0.25) is 0 Å². The van der Waals surface area contributed by atoms with Crippen molar-refractivity contribution in [3.8, 4) is 0 Å². The first-order valence-electron chi connectivity index (χ1n) is 8.61. The SMILES string of the molecule is O=C1CCC(C(=O)N2CCC(C3C(=O)Nc4ccccc43)CC2)N1. The zero-order valence-electron chi connectivity index (χ0n) is 13.5. The van der Waals surface area contributed by atoms with Crippen LogP contribution in [-0.4, -0.2) is 41.8 Å². The fourth-order valence-corrected chi connectivity index (χ4v) is 4.17. The molecule has 6 nitrogen and oxygen atoms in total. The number of carbonyl (C=O) groups is 3. The number of anilines is 1. The number of rotatable bonds is 2. The number of piperidine rings is 1. The fourth-order valence-electron chi connectivity index (χ4n) is 4.17. The zero-order chi connectivity index (χ0) is 16.7. The van der Waals surface area contributed by atoms with Crippen LogP contribution in [0.5, 0.6) is 0 Å². The Balaban J connectivity index is 1.41. The molecule has 1 aromatic rings. The third-order valence-corrected chi connectivity index (χ3v) is 5.45. The van der Waals surface area contributed by atoms with E-state index in [1.54, 1.807) is 0 Å². The third-order valence-electron chi connectivity index (χ3n) is 5.45. The molecular weight excluding hydrogens is 306 g/mol. The lowest BCUT2D eigenvalue weighted by molar-refractivity contribution is -0.135. The molecule has 0 radical (unpaired) electrons. The molecule has 2 N–H and O–H groups in total. The van der Waals surface area contributed by atoms with E-state index in [4.69, 9.17) is 0 Å². The summed E-state index contributed by atoms with van der Waals surface area (Å²) in [6, 6.07) is 7.49. The molecule has 1 aromatic carbocycles. The van der Waals surface area contributed by atoms with Gasteiger partial charge in [0.25, 0.3) is 0 Å². The predicted octanol–water partition coefficient (Wildman–Crippen LogP) is 1.24. The smallest absolute Gasteiger partial charge is 0.245 e. The predicted molar refractivity (Wildman–Crippen MR) is 88.3 cm³/mol. The second kappa shape index (κ2) is 5.92. The topological polar surface area (TPSA) is 78.5 Å². The second-order valence-electron chi connectivity index (χ2n) is 6.88. The lowest BCUT2D eigenvalue weighted by Crippen LogP contribution is -2.48. The highest BCUT2D eigenvalue weighted by molar-refractivity contribution is 6.03. The van der Waals surface area contributed by atoms with Crippen LogP contribution in [0.1, 0.15) is 37.2 Å². The summed E-state index contributed by atoms with van der Waals surface area (Å²) < 4.78 is 0. The van der Waals surface area contributed by atoms with E-state index in [0.29, 0.717) is 25.9 Å². The Labute approximate surface area is 140 Å². The molecule has 3 heterocycles. The molecule has 126 valence electrons. The average Bonchev–Trinajstić information content (AvgIpc) is 3.17. The van der Waals surface area contributed by atoms with Gasteiger partial charge in [0, 0.05) is 25.2 Å². The highest BCUT2D eigenvalue weighted by Gasteiger charge is 2.39. The average molecular weight is 327 g/mol. The summed E-state index contributed by atoms with van der Waals surface area (Å²) in [4.78, 5) is 38.0. The Morgan fingerprint density at radius 1 is 1.08 bits per heavy atom. The number of amides is 3. The molecule has 4 rings (SSSR count). The molecule has 0 aliphatic carbocycles. The fraction of sp³-hybridized carbons (Fsp3) is 0.500. The summed E-state index contributed by atoms with van der Waals surface area (Å²) in [7, 11) is 0. The van der Waals surface area contributed by atoms with Crippen LogP contribution in [0.4, 0.5) is 5.69 Å². The van der Waals surface area contributed by atoms with Gasteiger partial charge in [-0.05, 0) is 36.8 Å². The van der Waals surface area contributed by atoms with Gasteiger partial charge in [-0.15, -0.1) is 0 Å². The summed E-state index contributed by atoms with van der Waals surface area (Å²) >= 11 is 0. The summed E-state index contributed by atoms with van der Waals surface area (Å²) in [6.45, 7) is 1.31. The molecule has 2 atom stereocenters. The van der Waals surface area contributed by atoms with Crippen LogP contribution < -0.4 is 10.6 Å². The first-order chi connectivity index (χ1) is 11.6. The maximum Gasteiger partial charge on any atom is 0.245 e. The summed E-state index contributed by atoms with van der Waals surface area (Å²) in [5, 5.41) is 5.70. The molecule has 3 aliphatic rings. The minimum atomic E-state index is -0.357. The van der Waals surface area contributed by atoms with Gasteiger partial charge in [-0.25, -0.2) is 0 Å². The van der Waals surface area contributed by atoms with Crippen LogP contribution in [0.3, 0.4) is 0 Å². The van der Waals surface area contributed by atoms with E-state index in [1.807, 2.05) is 29.2 Å². The lowest BCUT2D eigenvalue weighted by Gasteiger charge is -2.35. The Hall–Kier alpha value is -2.37. The van der Waals surface area contributed by atoms with E-state index in [2.05, 4.69) is 10.6 Å². The van der Waals surface area contributed by atoms with Gasteiger partial charge < -0.3 is 15.5 Å². The number of likely N-dealkylation sites (tertiary alicyclic amines) is 1. The Morgan fingerprint density at radius 2 is 1.83 bits per heavy atom. The first kappa shape index (κ1) is 15.2. The molecule has 24 heavy (non-hydrogen) atoms. The van der Waals surface area contributed by atoms with Gasteiger partial charge in [-0.2, -0.15) is 0 Å². The van der Waals surface area contributed by atoms with Crippen LogP contribution >= 0.6 is 0 Å². The van der Waals surface area contributed by atoms with Crippen molar-refractivity contribution in [2.45, 2.75) is 37.6 Å². The molecule has 0 spiro atoms. The minimum absolute atomic E-state index is 0.0237. The molecule has 2 saturated heterocycles. The maximum atomic E-state index is 12.5. The van der Waals surface area contributed by atoms with Crippen molar-refractivity contribution in [1.82, 2.24) is 10.2 Å². The molecular formula is C18H21N3O3. The van der Waals surface area contributed by atoms with Gasteiger partial charge in [0.1, 0.15) is 6.04 Å². The van der Waals surface area contributed by atoms with Crippen molar-refractivity contribution in [2.24, 2.45) is 5.92 Å². The number of nitrogens with one attached hydrogen (secondary N) is 2. The van der Waals surface area contributed by atoms with Gasteiger partial charge in [-0.1, -0.05) is 18.2 Å². The molecule has 2 fully saturated rings. The van der Waals surface area contributed by atoms with Gasteiger partial charge >= 0.3 is 0 Å². The Morgan fingerprint density at radius 3 is 2.54 bits per heavy atom. The molecule has 3 aliphatic heterocycles. The van der Waals surface area contributed by atoms with Gasteiger partial charge in [0.05, 0.1) is 5.92 Å². The van der Waals surface area contributed by atoms with E-state index in [-0.39, 0.29) is 35.6 Å². The molecule has 0 bridgehead atoms. The zero-order valence-corrected chi connectivity index (χ0v) is 13.5. The molecule has 0 aromatic heterocycles. The minimum Gasteiger partial charge on any atom is -0.344 e. The quantitative estimate of drug-likeness (QED) is 0.858.